The van der Waals surface area contributed by atoms with Crippen LogP contribution in [0.25, 0.3) is 10.8 Å². The van der Waals surface area contributed by atoms with Gasteiger partial charge in [0.2, 0.25) is 5.09 Å². The van der Waals surface area contributed by atoms with Gasteiger partial charge in [0.05, 0.1) is 12.8 Å². The van der Waals surface area contributed by atoms with Gasteiger partial charge in [0.25, 0.3) is 5.91 Å². The van der Waals surface area contributed by atoms with Gasteiger partial charge < -0.3 is 14.3 Å². The fourth-order valence-corrected chi connectivity index (χ4v) is 2.73. The molecule has 1 heterocycles. The largest absolute Gasteiger partial charge is 0.742 e. The van der Waals surface area contributed by atoms with Crippen molar-refractivity contribution in [3.05, 3.63) is 60.4 Å². The van der Waals surface area contributed by atoms with E-state index in [2.05, 4.69) is 15.8 Å². The number of anilines is 1. The van der Waals surface area contributed by atoms with E-state index in [4.69, 9.17) is 4.42 Å². The van der Waals surface area contributed by atoms with Gasteiger partial charge in [-0.2, -0.15) is 5.10 Å². The van der Waals surface area contributed by atoms with Crippen LogP contribution < -0.4 is 10.7 Å². The maximum absolute atomic E-state index is 11.8. The Bertz CT molecular complexity index is 1070. The van der Waals surface area contributed by atoms with E-state index < -0.39 is 21.1 Å². The number of hydrogen-bond acceptors (Lipinski definition) is 7. The number of fused-ring (bicyclic) bond motifs is 1. The third kappa shape index (κ3) is 4.26. The first-order valence-corrected chi connectivity index (χ1v) is 8.93. The van der Waals surface area contributed by atoms with Crippen LogP contribution in [-0.2, 0) is 14.9 Å². The molecule has 8 nitrogen and oxygen atoms in total. The second-order valence-electron chi connectivity index (χ2n) is 5.28. The van der Waals surface area contributed by atoms with Crippen LogP contribution >= 0.6 is 0 Å². The summed E-state index contributed by atoms with van der Waals surface area (Å²) in [6, 6.07) is 15.8. The Morgan fingerprint density at radius 2 is 1.88 bits per heavy atom. The Labute approximate surface area is 149 Å². The van der Waals surface area contributed by atoms with Crippen molar-refractivity contribution in [2.75, 3.05) is 11.9 Å². The fraction of sp³-hybridized carbons (Fsp3) is 0.0588. The lowest BCUT2D eigenvalue weighted by atomic mass is 10.1. The zero-order valence-electron chi connectivity index (χ0n) is 13.4. The summed E-state index contributed by atoms with van der Waals surface area (Å²) in [4.78, 5) is 11.8. The van der Waals surface area contributed by atoms with Crippen molar-refractivity contribution in [1.82, 2.24) is 5.43 Å². The molecule has 0 aliphatic rings. The summed E-state index contributed by atoms with van der Waals surface area (Å²) in [7, 11) is -4.66. The lowest BCUT2D eigenvalue weighted by Crippen LogP contribution is -2.25. The van der Waals surface area contributed by atoms with E-state index in [-0.39, 0.29) is 12.3 Å². The summed E-state index contributed by atoms with van der Waals surface area (Å²) in [6.45, 7) is -0.0102. The number of carbonyl (C=O) groups excluding carboxylic acids is 1. The van der Waals surface area contributed by atoms with E-state index in [0.29, 0.717) is 0 Å². The number of carbonyl (C=O) groups is 1. The molecule has 3 aromatic rings. The van der Waals surface area contributed by atoms with Crippen molar-refractivity contribution in [2.45, 2.75) is 5.09 Å². The number of furan rings is 1. The SMILES string of the molecule is O=C(CNc1cccc2ccccc12)N/N=C\c1ccc(S(=O)(=O)[O-])o1. The van der Waals surface area contributed by atoms with Crippen molar-refractivity contribution in [1.29, 1.82) is 0 Å². The third-order valence-electron chi connectivity index (χ3n) is 3.46. The first kappa shape index (κ1) is 17.6. The highest BCUT2D eigenvalue weighted by atomic mass is 32.2. The van der Waals surface area contributed by atoms with Gasteiger partial charge in [-0.05, 0) is 23.6 Å². The molecule has 0 bridgehead atoms. The van der Waals surface area contributed by atoms with Gasteiger partial charge in [-0.25, -0.2) is 13.8 Å². The van der Waals surface area contributed by atoms with Crippen LogP contribution in [-0.4, -0.2) is 31.6 Å². The zero-order valence-corrected chi connectivity index (χ0v) is 14.2. The van der Waals surface area contributed by atoms with Crippen molar-refractivity contribution in [3.8, 4) is 0 Å². The predicted molar refractivity (Wildman–Crippen MR) is 94.8 cm³/mol. The molecule has 3 rings (SSSR count). The summed E-state index contributed by atoms with van der Waals surface area (Å²) in [5.41, 5.74) is 3.10. The van der Waals surface area contributed by atoms with E-state index in [0.717, 1.165) is 28.7 Å². The number of hydrazone groups is 1. The van der Waals surface area contributed by atoms with Crippen LogP contribution in [0.15, 0.2) is 69.2 Å². The number of nitrogens with one attached hydrogen (secondary N) is 2. The van der Waals surface area contributed by atoms with Crippen LogP contribution in [0, 0.1) is 0 Å². The smallest absolute Gasteiger partial charge is 0.259 e. The molecule has 0 atom stereocenters. The van der Waals surface area contributed by atoms with Gasteiger partial charge in [0, 0.05) is 11.1 Å². The number of benzene rings is 2. The maximum Gasteiger partial charge on any atom is 0.259 e. The first-order chi connectivity index (χ1) is 12.4. The Hall–Kier alpha value is -3.17. The molecule has 1 amide bonds. The van der Waals surface area contributed by atoms with Crippen LogP contribution in [0.3, 0.4) is 0 Å². The minimum atomic E-state index is -4.66. The summed E-state index contributed by atoms with van der Waals surface area (Å²) in [6.07, 6.45) is 1.10. The predicted octanol–water partition coefficient (Wildman–Crippen LogP) is 1.90. The van der Waals surface area contributed by atoms with E-state index in [1.54, 1.807) is 0 Å². The molecule has 0 saturated carbocycles. The summed E-state index contributed by atoms with van der Waals surface area (Å²) < 4.78 is 37.1. The quantitative estimate of drug-likeness (QED) is 0.387. The molecule has 0 aliphatic heterocycles. The molecule has 0 radical (unpaired) electrons. The summed E-state index contributed by atoms with van der Waals surface area (Å²) in [5, 5.41) is 8.03. The van der Waals surface area contributed by atoms with Crippen LogP contribution in [0.1, 0.15) is 5.76 Å². The van der Waals surface area contributed by atoms with Gasteiger partial charge in [-0.15, -0.1) is 0 Å². The maximum atomic E-state index is 11.8. The van der Waals surface area contributed by atoms with E-state index in [1.807, 2.05) is 42.5 Å². The average molecular weight is 372 g/mol. The molecule has 134 valence electrons. The highest BCUT2D eigenvalue weighted by molar-refractivity contribution is 7.85. The molecule has 9 heteroatoms. The number of rotatable bonds is 6. The Morgan fingerprint density at radius 1 is 1.12 bits per heavy atom. The molecule has 0 aliphatic carbocycles. The van der Waals surface area contributed by atoms with Crippen molar-refractivity contribution in [2.24, 2.45) is 5.10 Å². The standard InChI is InChI=1S/C17H15N3O5S/c21-16(20-19-10-13-8-9-17(25-13)26(22,23)24)11-18-15-7-3-5-12-4-1-2-6-14(12)15/h1-10,18H,11H2,(H,20,21)(H,22,23,24)/p-1/b19-10-. The molecule has 2 aromatic carbocycles. The van der Waals surface area contributed by atoms with Gasteiger partial charge in [-0.1, -0.05) is 36.4 Å². The minimum Gasteiger partial charge on any atom is -0.742 e. The van der Waals surface area contributed by atoms with Crippen molar-refractivity contribution < 1.29 is 22.2 Å². The summed E-state index contributed by atoms with van der Waals surface area (Å²) >= 11 is 0. The van der Waals surface area contributed by atoms with E-state index >= 15 is 0 Å². The van der Waals surface area contributed by atoms with Crippen molar-refractivity contribution in [3.63, 3.8) is 0 Å². The highest BCUT2D eigenvalue weighted by Gasteiger charge is 2.07. The van der Waals surface area contributed by atoms with Crippen LogP contribution in [0.4, 0.5) is 5.69 Å². The van der Waals surface area contributed by atoms with Gasteiger partial charge in [0.15, 0.2) is 10.1 Å². The average Bonchev–Trinajstić information content (AvgIpc) is 3.09. The summed E-state index contributed by atoms with van der Waals surface area (Å²) in [5.74, 6) is -0.376. The molecule has 26 heavy (non-hydrogen) atoms. The molecular weight excluding hydrogens is 358 g/mol. The molecular formula is C17H14N3O5S-. The van der Waals surface area contributed by atoms with Gasteiger partial charge in [-0.3, -0.25) is 4.79 Å². The van der Waals surface area contributed by atoms with Crippen molar-refractivity contribution >= 4 is 38.7 Å². The monoisotopic (exact) mass is 372 g/mol. The molecule has 0 fully saturated rings. The first-order valence-electron chi connectivity index (χ1n) is 7.53. The topological polar surface area (TPSA) is 124 Å². The molecule has 2 N–H and O–H groups in total. The molecule has 0 spiro atoms. The second-order valence-corrected chi connectivity index (χ2v) is 6.59. The van der Waals surface area contributed by atoms with E-state index in [9.17, 15) is 17.8 Å². The molecule has 0 saturated heterocycles. The van der Waals surface area contributed by atoms with Gasteiger partial charge >= 0.3 is 0 Å². The molecule has 1 aromatic heterocycles. The number of hydrogen-bond donors (Lipinski definition) is 2. The third-order valence-corrected chi connectivity index (χ3v) is 4.17. The molecule has 0 unspecified atom stereocenters. The number of amides is 1. The van der Waals surface area contributed by atoms with Crippen LogP contribution in [0.2, 0.25) is 0 Å². The van der Waals surface area contributed by atoms with Gasteiger partial charge in [0.1, 0.15) is 5.76 Å². The highest BCUT2D eigenvalue weighted by Crippen LogP contribution is 2.22. The Kier molecular flexibility index (Phi) is 5.01. The zero-order chi connectivity index (χ0) is 18.6. The Balaban J connectivity index is 1.57. The minimum absolute atomic E-state index is 0.0102. The normalized spacial score (nSPS) is 11.7. The Morgan fingerprint density at radius 3 is 2.65 bits per heavy atom. The van der Waals surface area contributed by atoms with E-state index in [1.165, 1.54) is 6.07 Å². The lowest BCUT2D eigenvalue weighted by Gasteiger charge is -2.08. The fourth-order valence-electron chi connectivity index (χ4n) is 2.30. The lowest BCUT2D eigenvalue weighted by molar-refractivity contribution is -0.119. The van der Waals surface area contributed by atoms with Crippen LogP contribution in [0.5, 0.6) is 0 Å². The second kappa shape index (κ2) is 7.38. The number of nitrogens with zero attached hydrogens (tertiary/aromatic N) is 1.